The van der Waals surface area contributed by atoms with Crippen LogP contribution in [-0.2, 0) is 16.1 Å². The fraction of sp³-hybridized carbons (Fsp3) is 0.720. The van der Waals surface area contributed by atoms with Crippen LogP contribution in [0, 0.1) is 0 Å². The van der Waals surface area contributed by atoms with Gasteiger partial charge in [-0.3, -0.25) is 4.79 Å². The summed E-state index contributed by atoms with van der Waals surface area (Å²) in [4.78, 5) is 14.7. The number of unbranched alkanes of at least 4 members (excludes halogenated alkanes) is 10. The summed E-state index contributed by atoms with van der Waals surface area (Å²) in [6.07, 6.45) is 15.1. The standard InChI is InChI=1S/C25H43NO2/c1-3-5-7-9-11-16-20-26(21-17-12-10-8-6-4-2)25(27)23-28-22-24-18-14-13-15-19-24/h13-15,18-19H,3-12,16-17,20-23H2,1-2H3. The van der Waals surface area contributed by atoms with Gasteiger partial charge in [0.1, 0.15) is 6.61 Å². The molecule has 0 heterocycles. The van der Waals surface area contributed by atoms with Gasteiger partial charge in [-0.05, 0) is 18.4 Å². The summed E-state index contributed by atoms with van der Waals surface area (Å²) in [5.74, 6) is 0.151. The van der Waals surface area contributed by atoms with Crippen LogP contribution in [0.1, 0.15) is 96.5 Å². The Kier molecular flexibility index (Phi) is 15.6. The van der Waals surface area contributed by atoms with E-state index in [0.29, 0.717) is 6.61 Å². The SMILES string of the molecule is CCCCCCCCN(CCCCCCCC)C(=O)COCc1ccccc1. The summed E-state index contributed by atoms with van der Waals surface area (Å²) in [6, 6.07) is 10.1. The fourth-order valence-corrected chi connectivity index (χ4v) is 3.45. The van der Waals surface area contributed by atoms with Crippen LogP contribution in [-0.4, -0.2) is 30.5 Å². The first kappa shape index (κ1) is 24.7. The van der Waals surface area contributed by atoms with E-state index < -0.39 is 0 Å². The van der Waals surface area contributed by atoms with E-state index in [1.54, 1.807) is 0 Å². The third kappa shape index (κ3) is 12.9. The number of hydrogen-bond donors (Lipinski definition) is 0. The van der Waals surface area contributed by atoms with Crippen LogP contribution in [0.15, 0.2) is 30.3 Å². The number of hydrogen-bond acceptors (Lipinski definition) is 2. The molecule has 28 heavy (non-hydrogen) atoms. The Morgan fingerprint density at radius 3 is 1.79 bits per heavy atom. The van der Waals surface area contributed by atoms with E-state index in [0.717, 1.165) is 31.5 Å². The largest absolute Gasteiger partial charge is 0.367 e. The van der Waals surface area contributed by atoms with E-state index in [4.69, 9.17) is 4.74 Å². The molecule has 0 atom stereocenters. The minimum absolute atomic E-state index is 0.151. The monoisotopic (exact) mass is 389 g/mol. The maximum Gasteiger partial charge on any atom is 0.248 e. The molecule has 0 N–H and O–H groups in total. The molecule has 3 nitrogen and oxygen atoms in total. The number of ether oxygens (including phenoxy) is 1. The highest BCUT2D eigenvalue weighted by Gasteiger charge is 2.13. The van der Waals surface area contributed by atoms with E-state index in [9.17, 15) is 4.79 Å². The van der Waals surface area contributed by atoms with Crippen LogP contribution in [0.4, 0.5) is 0 Å². The zero-order valence-electron chi connectivity index (χ0n) is 18.5. The molecule has 0 bridgehead atoms. The molecule has 0 spiro atoms. The second-order valence-corrected chi connectivity index (χ2v) is 7.89. The van der Waals surface area contributed by atoms with Crippen LogP contribution in [0.2, 0.25) is 0 Å². The molecule has 1 aromatic carbocycles. The van der Waals surface area contributed by atoms with Crippen molar-refractivity contribution in [1.29, 1.82) is 0 Å². The summed E-state index contributed by atoms with van der Waals surface area (Å²) >= 11 is 0. The molecule has 0 aliphatic heterocycles. The second-order valence-electron chi connectivity index (χ2n) is 7.89. The van der Waals surface area contributed by atoms with Crippen molar-refractivity contribution in [3.8, 4) is 0 Å². The first-order valence-electron chi connectivity index (χ1n) is 11.7. The van der Waals surface area contributed by atoms with Crippen molar-refractivity contribution in [2.75, 3.05) is 19.7 Å². The van der Waals surface area contributed by atoms with Crippen molar-refractivity contribution in [3.63, 3.8) is 0 Å². The van der Waals surface area contributed by atoms with Crippen molar-refractivity contribution in [3.05, 3.63) is 35.9 Å². The lowest BCUT2D eigenvalue weighted by Gasteiger charge is -2.23. The van der Waals surface area contributed by atoms with Gasteiger partial charge in [-0.25, -0.2) is 0 Å². The Labute approximate surface area is 173 Å². The van der Waals surface area contributed by atoms with E-state index in [1.807, 2.05) is 35.2 Å². The summed E-state index contributed by atoms with van der Waals surface area (Å²) in [5.41, 5.74) is 1.12. The first-order chi connectivity index (χ1) is 13.8. The van der Waals surface area contributed by atoms with Crippen molar-refractivity contribution in [2.24, 2.45) is 0 Å². The van der Waals surface area contributed by atoms with Crippen LogP contribution >= 0.6 is 0 Å². The molecular weight excluding hydrogens is 346 g/mol. The number of amides is 1. The summed E-state index contributed by atoms with van der Waals surface area (Å²) < 4.78 is 5.69. The lowest BCUT2D eigenvalue weighted by molar-refractivity contribution is -0.136. The Hall–Kier alpha value is -1.35. The Balaban J connectivity index is 2.31. The molecular formula is C25H43NO2. The van der Waals surface area contributed by atoms with Gasteiger partial charge in [0.25, 0.3) is 0 Å². The van der Waals surface area contributed by atoms with Gasteiger partial charge in [0, 0.05) is 13.1 Å². The smallest absolute Gasteiger partial charge is 0.248 e. The molecule has 0 aliphatic carbocycles. The quantitative estimate of drug-likeness (QED) is 0.260. The third-order valence-corrected chi connectivity index (χ3v) is 5.25. The molecule has 0 saturated heterocycles. The molecule has 1 aromatic rings. The van der Waals surface area contributed by atoms with Gasteiger partial charge in [0.05, 0.1) is 6.61 Å². The number of benzene rings is 1. The predicted octanol–water partition coefficient (Wildman–Crippen LogP) is 6.75. The molecule has 0 aromatic heterocycles. The van der Waals surface area contributed by atoms with Gasteiger partial charge in [-0.15, -0.1) is 0 Å². The van der Waals surface area contributed by atoms with Crippen molar-refractivity contribution in [2.45, 2.75) is 97.5 Å². The summed E-state index contributed by atoms with van der Waals surface area (Å²) in [6.45, 7) is 6.96. The molecule has 0 fully saturated rings. The molecule has 1 rings (SSSR count). The average Bonchev–Trinajstić information content (AvgIpc) is 2.72. The highest BCUT2D eigenvalue weighted by Crippen LogP contribution is 2.10. The topological polar surface area (TPSA) is 29.5 Å². The van der Waals surface area contributed by atoms with E-state index in [2.05, 4.69) is 13.8 Å². The molecule has 0 unspecified atom stereocenters. The van der Waals surface area contributed by atoms with Crippen molar-refractivity contribution in [1.82, 2.24) is 4.90 Å². The predicted molar refractivity (Wildman–Crippen MR) is 119 cm³/mol. The van der Waals surface area contributed by atoms with Crippen LogP contribution < -0.4 is 0 Å². The van der Waals surface area contributed by atoms with Crippen LogP contribution in [0.25, 0.3) is 0 Å². The first-order valence-corrected chi connectivity index (χ1v) is 11.7. The molecule has 1 amide bonds. The van der Waals surface area contributed by atoms with Gasteiger partial charge in [-0.2, -0.15) is 0 Å². The zero-order valence-corrected chi connectivity index (χ0v) is 18.5. The van der Waals surface area contributed by atoms with Gasteiger partial charge >= 0.3 is 0 Å². The van der Waals surface area contributed by atoms with Gasteiger partial charge in [0.2, 0.25) is 5.91 Å². The normalized spacial score (nSPS) is 10.9. The van der Waals surface area contributed by atoms with E-state index in [-0.39, 0.29) is 12.5 Å². The highest BCUT2D eigenvalue weighted by atomic mass is 16.5. The summed E-state index contributed by atoms with van der Waals surface area (Å²) in [7, 11) is 0. The van der Waals surface area contributed by atoms with Gasteiger partial charge in [0.15, 0.2) is 0 Å². The highest BCUT2D eigenvalue weighted by molar-refractivity contribution is 5.77. The van der Waals surface area contributed by atoms with Crippen molar-refractivity contribution < 1.29 is 9.53 Å². The molecule has 0 radical (unpaired) electrons. The van der Waals surface area contributed by atoms with Crippen molar-refractivity contribution >= 4 is 5.91 Å². The third-order valence-electron chi connectivity index (χ3n) is 5.25. The summed E-state index contributed by atoms with van der Waals surface area (Å²) in [5, 5.41) is 0. The fourth-order valence-electron chi connectivity index (χ4n) is 3.45. The van der Waals surface area contributed by atoms with E-state index in [1.165, 1.54) is 64.2 Å². The van der Waals surface area contributed by atoms with Crippen LogP contribution in [0.3, 0.4) is 0 Å². The van der Waals surface area contributed by atoms with E-state index >= 15 is 0 Å². The minimum Gasteiger partial charge on any atom is -0.367 e. The molecule has 0 saturated carbocycles. The number of carbonyl (C=O) groups is 1. The van der Waals surface area contributed by atoms with Crippen LogP contribution in [0.5, 0.6) is 0 Å². The maximum absolute atomic E-state index is 12.7. The lowest BCUT2D eigenvalue weighted by Crippen LogP contribution is -2.35. The number of rotatable bonds is 18. The second kappa shape index (κ2) is 17.7. The number of carbonyl (C=O) groups excluding carboxylic acids is 1. The molecule has 3 heteroatoms. The minimum atomic E-state index is 0.151. The molecule has 0 aliphatic rings. The van der Waals surface area contributed by atoms with Gasteiger partial charge in [-0.1, -0.05) is 108 Å². The maximum atomic E-state index is 12.7. The Bertz CT molecular complexity index is 459. The number of nitrogens with zero attached hydrogens (tertiary/aromatic N) is 1. The Morgan fingerprint density at radius 2 is 1.25 bits per heavy atom. The lowest BCUT2D eigenvalue weighted by atomic mass is 10.1. The average molecular weight is 390 g/mol. The van der Waals surface area contributed by atoms with Gasteiger partial charge < -0.3 is 9.64 Å². The molecule has 160 valence electrons. The zero-order chi connectivity index (χ0) is 20.3. The Morgan fingerprint density at radius 1 is 0.750 bits per heavy atom.